The monoisotopic (exact) mass is 245 g/mol. The molecule has 0 saturated heterocycles. The van der Waals surface area contributed by atoms with Crippen LogP contribution in [0.5, 0.6) is 0 Å². The van der Waals surface area contributed by atoms with Gasteiger partial charge in [0.25, 0.3) is 0 Å². The summed E-state index contributed by atoms with van der Waals surface area (Å²) in [6, 6.07) is 14.8. The molecule has 17 heavy (non-hydrogen) atoms. The van der Waals surface area contributed by atoms with Gasteiger partial charge in [-0.3, -0.25) is 4.79 Å². The van der Waals surface area contributed by atoms with Crippen LogP contribution >= 0.6 is 11.6 Å². The van der Waals surface area contributed by atoms with E-state index in [1.54, 1.807) is 19.1 Å². The van der Waals surface area contributed by atoms with Crippen molar-refractivity contribution in [2.45, 2.75) is 6.92 Å². The number of benzene rings is 2. The summed E-state index contributed by atoms with van der Waals surface area (Å²) in [6.07, 6.45) is 0. The minimum atomic E-state index is 0.0688. The summed E-state index contributed by atoms with van der Waals surface area (Å²) < 4.78 is 0. The second-order valence-electron chi connectivity index (χ2n) is 3.77. The molecule has 0 fully saturated rings. The molecule has 0 radical (unpaired) electrons. The number of hydrogen-bond donors (Lipinski definition) is 1. The van der Waals surface area contributed by atoms with Crippen LogP contribution in [0.1, 0.15) is 17.3 Å². The molecule has 0 saturated carbocycles. The van der Waals surface area contributed by atoms with E-state index >= 15 is 0 Å². The lowest BCUT2D eigenvalue weighted by Gasteiger charge is -2.07. The van der Waals surface area contributed by atoms with Crippen molar-refractivity contribution in [1.82, 2.24) is 0 Å². The highest BCUT2D eigenvalue weighted by molar-refractivity contribution is 6.30. The molecule has 0 aliphatic rings. The topological polar surface area (TPSA) is 29.1 Å². The quantitative estimate of drug-likeness (QED) is 0.818. The minimum Gasteiger partial charge on any atom is -0.355 e. The summed E-state index contributed by atoms with van der Waals surface area (Å²) in [7, 11) is 0. The molecule has 0 aliphatic carbocycles. The number of nitrogens with one attached hydrogen (secondary N) is 1. The van der Waals surface area contributed by atoms with Crippen molar-refractivity contribution in [1.29, 1.82) is 0 Å². The summed E-state index contributed by atoms with van der Waals surface area (Å²) in [5, 5.41) is 3.91. The largest absolute Gasteiger partial charge is 0.355 e. The Morgan fingerprint density at radius 1 is 1.06 bits per heavy atom. The molecule has 0 aromatic heterocycles. The first kappa shape index (κ1) is 11.7. The number of Topliss-reactive ketones (excluding diaryl/α,β-unsaturated/α-hetero) is 1. The highest BCUT2D eigenvalue weighted by atomic mass is 35.5. The molecule has 2 aromatic carbocycles. The molecule has 0 aliphatic heterocycles. The third-order valence-electron chi connectivity index (χ3n) is 2.40. The summed E-state index contributed by atoms with van der Waals surface area (Å²) in [4.78, 5) is 11.1. The number of anilines is 2. The van der Waals surface area contributed by atoms with Gasteiger partial charge in [-0.15, -0.1) is 0 Å². The molecular formula is C14H12ClNO. The maximum atomic E-state index is 11.1. The van der Waals surface area contributed by atoms with Crippen LogP contribution in [0.3, 0.4) is 0 Å². The van der Waals surface area contributed by atoms with E-state index in [0.717, 1.165) is 11.4 Å². The van der Waals surface area contributed by atoms with Gasteiger partial charge in [0, 0.05) is 22.0 Å². The van der Waals surface area contributed by atoms with Crippen LogP contribution in [-0.4, -0.2) is 5.78 Å². The summed E-state index contributed by atoms with van der Waals surface area (Å²) in [6.45, 7) is 1.55. The van der Waals surface area contributed by atoms with E-state index in [4.69, 9.17) is 11.6 Å². The van der Waals surface area contributed by atoms with Crippen LogP contribution in [0.15, 0.2) is 48.5 Å². The average molecular weight is 246 g/mol. The molecule has 0 unspecified atom stereocenters. The van der Waals surface area contributed by atoms with E-state index in [9.17, 15) is 4.79 Å². The Morgan fingerprint density at radius 3 is 2.35 bits per heavy atom. The zero-order valence-corrected chi connectivity index (χ0v) is 10.2. The van der Waals surface area contributed by atoms with Gasteiger partial charge in [0.15, 0.2) is 5.78 Å². The lowest BCUT2D eigenvalue weighted by atomic mass is 10.1. The van der Waals surface area contributed by atoms with Gasteiger partial charge >= 0.3 is 0 Å². The molecule has 0 spiro atoms. The fraction of sp³-hybridized carbons (Fsp3) is 0.0714. The van der Waals surface area contributed by atoms with Crippen LogP contribution in [0.4, 0.5) is 11.4 Å². The first-order chi connectivity index (χ1) is 8.15. The molecule has 86 valence electrons. The van der Waals surface area contributed by atoms with Crippen LogP contribution in [-0.2, 0) is 0 Å². The SMILES string of the molecule is CC(=O)c1ccc(Nc2cccc(Cl)c2)cc1. The fourth-order valence-corrected chi connectivity index (χ4v) is 1.71. The third-order valence-corrected chi connectivity index (χ3v) is 2.64. The molecule has 0 heterocycles. The van der Waals surface area contributed by atoms with Gasteiger partial charge < -0.3 is 5.32 Å². The van der Waals surface area contributed by atoms with E-state index in [-0.39, 0.29) is 5.78 Å². The summed E-state index contributed by atoms with van der Waals surface area (Å²) in [5.74, 6) is 0.0688. The molecule has 2 aromatic rings. The van der Waals surface area contributed by atoms with Crippen LogP contribution in [0.25, 0.3) is 0 Å². The molecule has 0 amide bonds. The number of carbonyl (C=O) groups is 1. The van der Waals surface area contributed by atoms with Gasteiger partial charge in [-0.2, -0.15) is 0 Å². The molecule has 2 rings (SSSR count). The van der Waals surface area contributed by atoms with E-state index in [0.29, 0.717) is 10.6 Å². The van der Waals surface area contributed by atoms with Crippen molar-refractivity contribution >= 4 is 28.8 Å². The van der Waals surface area contributed by atoms with Gasteiger partial charge in [0.05, 0.1) is 0 Å². The van der Waals surface area contributed by atoms with Crippen molar-refractivity contribution in [3.63, 3.8) is 0 Å². The number of halogens is 1. The van der Waals surface area contributed by atoms with E-state index in [1.807, 2.05) is 36.4 Å². The minimum absolute atomic E-state index is 0.0688. The van der Waals surface area contributed by atoms with Crippen molar-refractivity contribution in [2.24, 2.45) is 0 Å². The van der Waals surface area contributed by atoms with Crippen LogP contribution in [0.2, 0.25) is 5.02 Å². The van der Waals surface area contributed by atoms with Crippen molar-refractivity contribution in [3.05, 3.63) is 59.1 Å². The average Bonchev–Trinajstić information content (AvgIpc) is 2.29. The molecule has 3 heteroatoms. The molecular weight excluding hydrogens is 234 g/mol. The summed E-state index contributed by atoms with van der Waals surface area (Å²) >= 11 is 5.89. The zero-order chi connectivity index (χ0) is 12.3. The second-order valence-corrected chi connectivity index (χ2v) is 4.21. The Morgan fingerprint density at radius 2 is 1.76 bits per heavy atom. The van der Waals surface area contributed by atoms with Gasteiger partial charge in [0.1, 0.15) is 0 Å². The Balaban J connectivity index is 2.16. The smallest absolute Gasteiger partial charge is 0.159 e. The second kappa shape index (κ2) is 5.02. The number of hydrogen-bond acceptors (Lipinski definition) is 2. The molecule has 0 atom stereocenters. The Labute approximate surface area is 105 Å². The normalized spacial score (nSPS) is 10.0. The lowest BCUT2D eigenvalue weighted by Crippen LogP contribution is -1.93. The van der Waals surface area contributed by atoms with Gasteiger partial charge in [-0.1, -0.05) is 17.7 Å². The van der Waals surface area contributed by atoms with E-state index in [1.165, 1.54) is 0 Å². The zero-order valence-electron chi connectivity index (χ0n) is 9.41. The van der Waals surface area contributed by atoms with Gasteiger partial charge in [-0.25, -0.2) is 0 Å². The maximum Gasteiger partial charge on any atom is 0.159 e. The Bertz CT molecular complexity index is 534. The van der Waals surface area contributed by atoms with E-state index < -0.39 is 0 Å². The number of ketones is 1. The summed E-state index contributed by atoms with van der Waals surface area (Å²) in [5.41, 5.74) is 2.56. The fourth-order valence-electron chi connectivity index (χ4n) is 1.52. The third kappa shape index (κ3) is 3.08. The van der Waals surface area contributed by atoms with Crippen LogP contribution < -0.4 is 5.32 Å². The first-order valence-corrected chi connectivity index (χ1v) is 5.66. The van der Waals surface area contributed by atoms with Crippen molar-refractivity contribution < 1.29 is 4.79 Å². The van der Waals surface area contributed by atoms with Crippen molar-refractivity contribution in [3.8, 4) is 0 Å². The van der Waals surface area contributed by atoms with Gasteiger partial charge in [-0.05, 0) is 49.4 Å². The van der Waals surface area contributed by atoms with Crippen LogP contribution in [0, 0.1) is 0 Å². The molecule has 0 bridgehead atoms. The number of carbonyl (C=O) groups excluding carboxylic acids is 1. The molecule has 1 N–H and O–H groups in total. The van der Waals surface area contributed by atoms with Gasteiger partial charge in [0.2, 0.25) is 0 Å². The highest BCUT2D eigenvalue weighted by Gasteiger charge is 1.99. The Hall–Kier alpha value is -1.80. The Kier molecular flexibility index (Phi) is 3.45. The standard InChI is InChI=1S/C14H12ClNO/c1-10(17)11-5-7-13(8-6-11)16-14-4-2-3-12(15)9-14/h2-9,16H,1H3. The highest BCUT2D eigenvalue weighted by Crippen LogP contribution is 2.20. The molecule has 2 nitrogen and oxygen atoms in total. The predicted octanol–water partition coefficient (Wildman–Crippen LogP) is 4.29. The predicted molar refractivity (Wildman–Crippen MR) is 71.2 cm³/mol. The van der Waals surface area contributed by atoms with Crippen molar-refractivity contribution in [2.75, 3.05) is 5.32 Å². The maximum absolute atomic E-state index is 11.1. The van der Waals surface area contributed by atoms with E-state index in [2.05, 4.69) is 5.32 Å². The number of rotatable bonds is 3. The lowest BCUT2D eigenvalue weighted by molar-refractivity contribution is 0.101. The first-order valence-electron chi connectivity index (χ1n) is 5.29.